The number of nitrogens with one attached hydrogen (secondary N) is 1. The van der Waals surface area contributed by atoms with E-state index in [4.69, 9.17) is 17.3 Å². The predicted octanol–water partition coefficient (Wildman–Crippen LogP) is 5.95. The summed E-state index contributed by atoms with van der Waals surface area (Å²) in [5.41, 5.74) is 7.24. The Balaban J connectivity index is 1.77. The van der Waals surface area contributed by atoms with E-state index < -0.39 is 29.5 Å². The van der Waals surface area contributed by atoms with Gasteiger partial charge in [-0.2, -0.15) is 13.2 Å². The van der Waals surface area contributed by atoms with Crippen LogP contribution in [0.5, 0.6) is 0 Å². The number of alkyl halides is 3. The highest BCUT2D eigenvalue weighted by atomic mass is 35.5. The molecule has 11 heteroatoms. The number of nitrogen functional groups attached to an aromatic ring is 1. The third kappa shape index (κ3) is 3.44. The highest BCUT2D eigenvalue weighted by Gasteiger charge is 2.38. The van der Waals surface area contributed by atoms with Crippen LogP contribution < -0.4 is 10.6 Å². The highest BCUT2D eigenvalue weighted by Crippen LogP contribution is 2.44. The van der Waals surface area contributed by atoms with E-state index in [1.54, 1.807) is 12.1 Å². The zero-order valence-electron chi connectivity index (χ0n) is 17.6. The Labute approximate surface area is 195 Å². The van der Waals surface area contributed by atoms with Crippen molar-refractivity contribution in [3.8, 4) is 0 Å². The molecule has 3 N–H and O–H groups in total. The Morgan fingerprint density at radius 1 is 1.12 bits per heavy atom. The third-order valence-electron chi connectivity index (χ3n) is 6.07. The first-order chi connectivity index (χ1) is 16.1. The summed E-state index contributed by atoms with van der Waals surface area (Å²) in [4.78, 5) is 12.3. The van der Waals surface area contributed by atoms with Crippen LogP contribution in [-0.2, 0) is 12.6 Å². The van der Waals surface area contributed by atoms with Gasteiger partial charge in [-0.15, -0.1) is 0 Å². The molecule has 0 saturated heterocycles. The van der Waals surface area contributed by atoms with Gasteiger partial charge in [-0.1, -0.05) is 23.7 Å². The summed E-state index contributed by atoms with van der Waals surface area (Å²) in [6.45, 7) is 1.56. The van der Waals surface area contributed by atoms with Crippen molar-refractivity contribution in [2.24, 2.45) is 0 Å². The minimum atomic E-state index is -4.69. The number of anilines is 2. The molecule has 4 aromatic rings. The van der Waals surface area contributed by atoms with Gasteiger partial charge in [0.05, 0.1) is 10.7 Å². The molecule has 1 atom stereocenters. The number of fused-ring (bicyclic) bond motifs is 3. The summed E-state index contributed by atoms with van der Waals surface area (Å²) in [7, 11) is 0. The van der Waals surface area contributed by atoms with Crippen molar-refractivity contribution in [3.05, 3.63) is 81.3 Å². The molecular weight excluding hydrogens is 477 g/mol. The SMILES string of the molecule is Cc1ccc(C2c3[nH]c4ccc(Cl)c(N)c4c3CCN2c2nccc(C(F)(F)F)n2)c(F)c1F. The molecule has 1 aliphatic rings. The Hall–Kier alpha value is -3.40. The number of nitrogens with two attached hydrogens (primary N) is 1. The van der Waals surface area contributed by atoms with Crippen LogP contribution >= 0.6 is 11.6 Å². The number of rotatable bonds is 2. The fourth-order valence-electron chi connectivity index (χ4n) is 4.44. The molecule has 1 aliphatic heterocycles. The molecule has 176 valence electrons. The fourth-order valence-corrected chi connectivity index (χ4v) is 4.60. The molecule has 34 heavy (non-hydrogen) atoms. The summed E-state index contributed by atoms with van der Waals surface area (Å²) in [5, 5.41) is 0.979. The molecule has 1 unspecified atom stereocenters. The fraction of sp³-hybridized carbons (Fsp3) is 0.217. The van der Waals surface area contributed by atoms with Crippen LogP contribution in [0.1, 0.15) is 34.1 Å². The molecule has 0 bridgehead atoms. The standard InChI is InChI=1S/C23H17ClF5N5/c1-10-2-3-12(18(26)17(10)25)21-20-11(16-14(32-20)5-4-13(24)19(16)30)7-9-34(21)22-31-8-6-15(33-22)23(27,28)29/h2-6,8,21,32H,7,9,30H2,1H3. The van der Waals surface area contributed by atoms with Gasteiger partial charge in [0.1, 0.15) is 11.7 Å². The van der Waals surface area contributed by atoms with Gasteiger partial charge in [-0.25, -0.2) is 18.7 Å². The molecule has 2 aromatic heterocycles. The molecule has 5 rings (SSSR count). The minimum Gasteiger partial charge on any atom is -0.397 e. The lowest BCUT2D eigenvalue weighted by atomic mass is 9.91. The quantitative estimate of drug-likeness (QED) is 0.267. The molecule has 5 nitrogen and oxygen atoms in total. The van der Waals surface area contributed by atoms with Gasteiger partial charge in [0.2, 0.25) is 5.95 Å². The topological polar surface area (TPSA) is 70.8 Å². The highest BCUT2D eigenvalue weighted by molar-refractivity contribution is 6.34. The van der Waals surface area contributed by atoms with Crippen LogP contribution in [0.15, 0.2) is 36.5 Å². The monoisotopic (exact) mass is 493 g/mol. The molecule has 3 heterocycles. The van der Waals surface area contributed by atoms with Crippen molar-refractivity contribution in [2.75, 3.05) is 17.2 Å². The number of H-pyrrole nitrogens is 1. The molecule has 2 aromatic carbocycles. The second-order valence-corrected chi connectivity index (χ2v) is 8.49. The van der Waals surface area contributed by atoms with E-state index in [9.17, 15) is 17.6 Å². The van der Waals surface area contributed by atoms with Crippen LogP contribution in [0.2, 0.25) is 5.02 Å². The summed E-state index contributed by atoms with van der Waals surface area (Å²) in [5.74, 6) is -2.39. The molecular formula is C23H17ClF5N5. The van der Waals surface area contributed by atoms with E-state index in [1.807, 2.05) is 0 Å². The molecule has 0 amide bonds. The van der Waals surface area contributed by atoms with Crippen LogP contribution in [-0.4, -0.2) is 21.5 Å². The first-order valence-electron chi connectivity index (χ1n) is 10.3. The minimum absolute atomic E-state index is 0.0683. The number of aromatic amines is 1. The average Bonchev–Trinajstić information content (AvgIpc) is 3.19. The van der Waals surface area contributed by atoms with Crippen molar-refractivity contribution in [3.63, 3.8) is 0 Å². The zero-order valence-corrected chi connectivity index (χ0v) is 18.4. The Morgan fingerprint density at radius 2 is 1.88 bits per heavy atom. The molecule has 0 fully saturated rings. The van der Waals surface area contributed by atoms with E-state index in [1.165, 1.54) is 24.0 Å². The maximum absolute atomic E-state index is 15.2. The van der Waals surface area contributed by atoms with E-state index in [0.29, 0.717) is 33.7 Å². The van der Waals surface area contributed by atoms with Gasteiger partial charge in [-0.3, -0.25) is 0 Å². The van der Waals surface area contributed by atoms with E-state index in [-0.39, 0.29) is 23.6 Å². The summed E-state index contributed by atoms with van der Waals surface area (Å²) < 4.78 is 69.8. The first-order valence-corrected chi connectivity index (χ1v) is 10.7. The van der Waals surface area contributed by atoms with E-state index in [0.717, 1.165) is 17.8 Å². The lowest BCUT2D eigenvalue weighted by Crippen LogP contribution is -2.38. The van der Waals surface area contributed by atoms with Crippen molar-refractivity contribution >= 4 is 34.1 Å². The second kappa shape index (κ2) is 7.83. The molecule has 0 aliphatic carbocycles. The van der Waals surface area contributed by atoms with Crippen LogP contribution in [0.3, 0.4) is 0 Å². The third-order valence-corrected chi connectivity index (χ3v) is 6.40. The largest absolute Gasteiger partial charge is 0.433 e. The van der Waals surface area contributed by atoms with Crippen LogP contribution in [0.4, 0.5) is 33.6 Å². The number of aromatic nitrogens is 3. The van der Waals surface area contributed by atoms with Gasteiger partial charge in [0.25, 0.3) is 0 Å². The number of benzene rings is 2. The number of hydrogen-bond donors (Lipinski definition) is 2. The smallest absolute Gasteiger partial charge is 0.397 e. The number of halogens is 6. The Kier molecular flexibility index (Phi) is 5.16. The summed E-state index contributed by atoms with van der Waals surface area (Å²) in [6.07, 6.45) is -3.36. The van der Waals surface area contributed by atoms with Crippen molar-refractivity contribution in [1.82, 2.24) is 15.0 Å². The lowest BCUT2D eigenvalue weighted by Gasteiger charge is -2.36. The first kappa shape index (κ1) is 22.4. The van der Waals surface area contributed by atoms with Crippen molar-refractivity contribution in [2.45, 2.75) is 25.6 Å². The van der Waals surface area contributed by atoms with Gasteiger partial charge in [0.15, 0.2) is 11.6 Å². The molecule has 0 radical (unpaired) electrons. The van der Waals surface area contributed by atoms with Crippen LogP contribution in [0, 0.1) is 18.6 Å². The number of aryl methyl sites for hydroxylation is 1. The van der Waals surface area contributed by atoms with E-state index in [2.05, 4.69) is 15.0 Å². The maximum atomic E-state index is 15.2. The van der Waals surface area contributed by atoms with Crippen LogP contribution in [0.25, 0.3) is 10.9 Å². The number of hydrogen-bond acceptors (Lipinski definition) is 4. The second-order valence-electron chi connectivity index (χ2n) is 8.09. The molecule has 0 saturated carbocycles. The zero-order chi connectivity index (χ0) is 24.4. The number of nitrogens with zero attached hydrogens (tertiary/aromatic N) is 3. The Bertz CT molecular complexity index is 1430. The Morgan fingerprint density at radius 3 is 2.62 bits per heavy atom. The summed E-state index contributed by atoms with van der Waals surface area (Å²) in [6, 6.07) is 5.87. The predicted molar refractivity (Wildman–Crippen MR) is 119 cm³/mol. The van der Waals surface area contributed by atoms with E-state index >= 15 is 4.39 Å². The average molecular weight is 494 g/mol. The van der Waals surface area contributed by atoms with Gasteiger partial charge >= 0.3 is 6.18 Å². The lowest BCUT2D eigenvalue weighted by molar-refractivity contribution is -0.141. The van der Waals surface area contributed by atoms with Gasteiger partial charge in [0, 0.05) is 34.9 Å². The van der Waals surface area contributed by atoms with Gasteiger partial charge < -0.3 is 15.6 Å². The summed E-state index contributed by atoms with van der Waals surface area (Å²) >= 11 is 6.20. The molecule has 0 spiro atoms. The van der Waals surface area contributed by atoms with Gasteiger partial charge in [-0.05, 0) is 42.7 Å². The normalized spacial score (nSPS) is 16.2. The maximum Gasteiger partial charge on any atom is 0.433 e. The van der Waals surface area contributed by atoms with Crippen molar-refractivity contribution < 1.29 is 22.0 Å². The van der Waals surface area contributed by atoms with Crippen molar-refractivity contribution in [1.29, 1.82) is 0 Å².